The van der Waals surface area contributed by atoms with Gasteiger partial charge in [-0.15, -0.1) is 0 Å². The van der Waals surface area contributed by atoms with Gasteiger partial charge in [-0.1, -0.05) is 12.1 Å². The number of nitriles is 1. The Hall–Kier alpha value is -3.86. The van der Waals surface area contributed by atoms with Crippen LogP contribution in [-0.4, -0.2) is 63.5 Å². The van der Waals surface area contributed by atoms with E-state index < -0.39 is 46.9 Å². The van der Waals surface area contributed by atoms with Crippen LogP contribution in [0.1, 0.15) is 42.0 Å². The van der Waals surface area contributed by atoms with Gasteiger partial charge in [0.15, 0.2) is 5.78 Å². The lowest BCUT2D eigenvalue weighted by Crippen LogP contribution is -2.54. The van der Waals surface area contributed by atoms with Crippen molar-refractivity contribution >= 4 is 34.0 Å². The Morgan fingerprint density at radius 3 is 2.45 bits per heavy atom. The van der Waals surface area contributed by atoms with Crippen molar-refractivity contribution in [2.45, 2.75) is 36.4 Å². The smallest absolute Gasteiger partial charge is 0.347 e. The van der Waals surface area contributed by atoms with E-state index in [2.05, 4.69) is 0 Å². The minimum atomic E-state index is -4.69. The first-order chi connectivity index (χ1) is 18.6. The Kier molecular flexibility index (Phi) is 7.72. The molecule has 0 bridgehead atoms. The van der Waals surface area contributed by atoms with E-state index in [1.165, 1.54) is 43.3 Å². The summed E-state index contributed by atoms with van der Waals surface area (Å²) in [5.41, 5.74) is -0.621. The third-order valence-corrected chi connectivity index (χ3v) is 8.00. The highest BCUT2D eigenvalue weighted by Crippen LogP contribution is 2.52. The second-order valence-corrected chi connectivity index (χ2v) is 11.9. The zero-order valence-electron chi connectivity index (χ0n) is 21.9. The number of hydrogen-bond donors (Lipinski definition) is 2. The van der Waals surface area contributed by atoms with Crippen molar-refractivity contribution < 1.29 is 36.7 Å². The highest BCUT2D eigenvalue weighted by atomic mass is 32.3. The number of ketones is 1. The lowest BCUT2D eigenvalue weighted by molar-refractivity contribution is -0.137. The topological polar surface area (TPSA) is 125 Å². The molecule has 1 aliphatic heterocycles. The molecule has 0 radical (unpaired) electrons. The molecule has 4 rings (SSSR count). The van der Waals surface area contributed by atoms with Gasteiger partial charge in [0.1, 0.15) is 6.54 Å². The number of benzene rings is 2. The summed E-state index contributed by atoms with van der Waals surface area (Å²) in [6, 6.07) is 8.02. The summed E-state index contributed by atoms with van der Waals surface area (Å²) in [5, 5.41) is 9.40. The van der Waals surface area contributed by atoms with Crippen molar-refractivity contribution in [2.24, 2.45) is 0 Å². The van der Waals surface area contributed by atoms with E-state index in [1.807, 2.05) is 6.07 Å². The fourth-order valence-electron chi connectivity index (χ4n) is 4.92. The molecule has 0 aromatic heterocycles. The van der Waals surface area contributed by atoms with Crippen molar-refractivity contribution in [3.05, 3.63) is 70.4 Å². The fourth-order valence-corrected chi connectivity index (χ4v) is 5.90. The highest BCUT2D eigenvalue weighted by Gasteiger charge is 2.47. The Morgan fingerprint density at radius 2 is 1.85 bits per heavy atom. The molecule has 3 amide bonds. The summed E-state index contributed by atoms with van der Waals surface area (Å²) in [6.07, 6.45) is -2.94. The van der Waals surface area contributed by atoms with Crippen LogP contribution < -0.4 is 4.90 Å². The molecule has 212 valence electrons. The number of carbonyl (C=O) groups excluding carboxylic acids is 3. The van der Waals surface area contributed by atoms with Crippen LogP contribution in [0.15, 0.2) is 58.6 Å². The van der Waals surface area contributed by atoms with Crippen LogP contribution in [0.25, 0.3) is 0 Å². The minimum Gasteiger partial charge on any atom is -0.347 e. The Bertz CT molecular complexity index is 1460. The number of allylic oxidation sites excluding steroid dienone is 1. The number of halogens is 3. The number of alkyl halides is 3. The molecule has 1 aliphatic carbocycles. The molecular weight excluding hydrogens is 549 g/mol. The predicted octanol–water partition coefficient (Wildman–Crippen LogP) is 5.39. The number of likely N-dealkylation sites (N-methyl/N-ethyl adjacent to an activating group) is 1. The van der Waals surface area contributed by atoms with Crippen molar-refractivity contribution in [3.8, 4) is 6.07 Å². The quantitative estimate of drug-likeness (QED) is 0.492. The van der Waals surface area contributed by atoms with Crippen LogP contribution in [0.4, 0.5) is 23.7 Å². The van der Waals surface area contributed by atoms with E-state index in [4.69, 9.17) is 0 Å². The number of amides is 3. The number of Topliss-reactive ketones (excluding diaryl/α,β-unsaturated/α-hetero) is 1. The standard InChI is InChI=1S/C27H27F3N4O5S/c1-32(2)23(36)15-33-25(19-11-10-16(14-31)12-22(19)40(3,38)39)24-20(8-5-9-21(24)35)34(26(33)37)18-7-4-6-17(13-18)27(28,29)30/h4,6-7,10-13,25,38-39H,5,8-9,15H2,1-3H3. The largest absolute Gasteiger partial charge is 0.416 e. The van der Waals surface area contributed by atoms with E-state index in [0.29, 0.717) is 6.42 Å². The molecule has 2 aliphatic rings. The molecule has 40 heavy (non-hydrogen) atoms. The molecular formula is C27H27F3N4O5S. The molecule has 13 heteroatoms. The van der Waals surface area contributed by atoms with Crippen LogP contribution >= 0.6 is 10.6 Å². The maximum atomic E-state index is 14.2. The highest BCUT2D eigenvalue weighted by molar-refractivity contribution is 8.23. The molecule has 2 N–H and O–H groups in total. The SMILES string of the molecule is CN(C)C(=O)CN1C(=O)N(c2cccc(C(F)(F)F)c2)C2=C(C(=O)CCC2)C1c1ccc(C#N)cc1S(C)(O)O. The van der Waals surface area contributed by atoms with Gasteiger partial charge in [0.05, 0.1) is 33.8 Å². The number of carbonyl (C=O) groups is 3. The van der Waals surface area contributed by atoms with Crippen molar-refractivity contribution in [2.75, 3.05) is 31.8 Å². The third-order valence-electron chi connectivity index (χ3n) is 6.81. The first kappa shape index (κ1) is 29.1. The van der Waals surface area contributed by atoms with Crippen molar-refractivity contribution in [1.29, 1.82) is 5.26 Å². The lowest BCUT2D eigenvalue weighted by atomic mass is 9.83. The molecule has 2 aromatic rings. The molecule has 1 unspecified atom stereocenters. The Labute approximate surface area is 230 Å². The van der Waals surface area contributed by atoms with Crippen LogP contribution in [-0.2, 0) is 15.8 Å². The van der Waals surface area contributed by atoms with Crippen molar-refractivity contribution in [3.63, 3.8) is 0 Å². The second kappa shape index (κ2) is 10.6. The van der Waals surface area contributed by atoms with Gasteiger partial charge in [0.25, 0.3) is 0 Å². The van der Waals surface area contributed by atoms with E-state index in [9.17, 15) is 41.9 Å². The minimum absolute atomic E-state index is 0.0735. The number of urea groups is 1. The molecule has 0 fully saturated rings. The van der Waals surface area contributed by atoms with Crippen molar-refractivity contribution in [1.82, 2.24) is 9.80 Å². The summed E-state index contributed by atoms with van der Waals surface area (Å²) in [6.45, 7) is -0.557. The molecule has 1 heterocycles. The molecule has 0 saturated carbocycles. The summed E-state index contributed by atoms with van der Waals surface area (Å²) < 4.78 is 62.1. The van der Waals surface area contributed by atoms with Gasteiger partial charge >= 0.3 is 12.2 Å². The normalized spacial score (nSPS) is 18.4. The Balaban J connectivity index is 2.04. The predicted molar refractivity (Wildman–Crippen MR) is 142 cm³/mol. The van der Waals surface area contributed by atoms with E-state index >= 15 is 0 Å². The molecule has 2 aromatic carbocycles. The Morgan fingerprint density at radius 1 is 1.15 bits per heavy atom. The first-order valence-electron chi connectivity index (χ1n) is 12.2. The monoisotopic (exact) mass is 576 g/mol. The third kappa shape index (κ3) is 5.42. The second-order valence-electron chi connectivity index (χ2n) is 9.82. The zero-order valence-corrected chi connectivity index (χ0v) is 22.7. The number of nitrogens with zero attached hydrogens (tertiary/aromatic N) is 4. The average Bonchev–Trinajstić information content (AvgIpc) is 2.88. The van der Waals surface area contributed by atoms with Gasteiger partial charge in [-0.2, -0.15) is 29.0 Å². The number of hydrogen-bond acceptors (Lipinski definition) is 6. The van der Waals surface area contributed by atoms with Crippen LogP contribution in [0.2, 0.25) is 0 Å². The maximum absolute atomic E-state index is 14.2. The van der Waals surface area contributed by atoms with Gasteiger partial charge in [0, 0.05) is 43.6 Å². The van der Waals surface area contributed by atoms with Gasteiger partial charge in [-0.25, -0.2) is 4.79 Å². The zero-order chi connectivity index (χ0) is 29.6. The summed E-state index contributed by atoms with van der Waals surface area (Å²) >= 11 is 0. The van der Waals surface area contributed by atoms with Gasteiger partial charge in [0.2, 0.25) is 5.91 Å². The van der Waals surface area contributed by atoms with Crippen LogP contribution in [0.3, 0.4) is 0 Å². The number of anilines is 1. The van der Waals surface area contributed by atoms with E-state index in [0.717, 1.165) is 34.3 Å². The van der Waals surface area contributed by atoms with E-state index in [-0.39, 0.29) is 51.6 Å². The fraction of sp³-hybridized carbons (Fsp3) is 0.333. The van der Waals surface area contributed by atoms with Crippen LogP contribution in [0, 0.1) is 11.3 Å². The molecule has 1 atom stereocenters. The van der Waals surface area contributed by atoms with Crippen LogP contribution in [0.5, 0.6) is 0 Å². The maximum Gasteiger partial charge on any atom is 0.416 e. The first-order valence-corrected chi connectivity index (χ1v) is 14.1. The summed E-state index contributed by atoms with van der Waals surface area (Å²) in [7, 11) is -0.579. The summed E-state index contributed by atoms with van der Waals surface area (Å²) in [4.78, 5) is 43.8. The summed E-state index contributed by atoms with van der Waals surface area (Å²) in [5.74, 6) is -0.922. The van der Waals surface area contributed by atoms with Gasteiger partial charge in [-0.3, -0.25) is 23.6 Å². The molecule has 9 nitrogen and oxygen atoms in total. The molecule has 0 spiro atoms. The lowest BCUT2D eigenvalue weighted by Gasteiger charge is -2.46. The van der Waals surface area contributed by atoms with Gasteiger partial charge < -0.3 is 9.80 Å². The van der Waals surface area contributed by atoms with E-state index in [1.54, 1.807) is 0 Å². The molecule has 0 saturated heterocycles. The van der Waals surface area contributed by atoms with Gasteiger partial charge in [-0.05, 0) is 43.2 Å². The average molecular weight is 577 g/mol. The number of rotatable bonds is 5.